The van der Waals surface area contributed by atoms with Crippen molar-refractivity contribution in [1.82, 2.24) is 4.47 Å². The summed E-state index contributed by atoms with van der Waals surface area (Å²) in [5.41, 5.74) is 3.33. The van der Waals surface area contributed by atoms with E-state index in [1.807, 2.05) is 54.6 Å². The topological polar surface area (TPSA) is 72.9 Å². The second-order valence-electron chi connectivity index (χ2n) is 6.26. The molecular weight excluding hydrogens is 390 g/mol. The molecule has 0 aliphatic carbocycles. The van der Waals surface area contributed by atoms with Gasteiger partial charge < -0.3 is 4.74 Å². The molecule has 0 N–H and O–H groups in total. The Morgan fingerprint density at radius 3 is 2.03 bits per heavy atom. The lowest BCUT2D eigenvalue weighted by atomic mass is 10.0. The van der Waals surface area contributed by atoms with Crippen molar-refractivity contribution < 1.29 is 22.8 Å². The number of rotatable bonds is 7. The van der Waals surface area contributed by atoms with Crippen molar-refractivity contribution in [3.05, 3.63) is 90.0 Å². The summed E-state index contributed by atoms with van der Waals surface area (Å²) >= 11 is 0. The first kappa shape index (κ1) is 20.7. The standard InChI is InChI=1S/C22H21NO5S/c1-23(27-2)29(25,26)21-14-12-20(13-15-21)22(24)28-16-17-8-10-19(11-9-17)18-6-4-3-5-7-18/h3-15H,16H2,1-2H3. The summed E-state index contributed by atoms with van der Waals surface area (Å²) in [5.74, 6) is -0.527. The molecule has 3 aromatic rings. The highest BCUT2D eigenvalue weighted by Crippen LogP contribution is 2.20. The highest BCUT2D eigenvalue weighted by Gasteiger charge is 2.21. The molecule has 0 saturated heterocycles. The molecule has 0 fully saturated rings. The fourth-order valence-electron chi connectivity index (χ4n) is 2.67. The second-order valence-corrected chi connectivity index (χ2v) is 8.20. The minimum absolute atomic E-state index is 0.0231. The van der Waals surface area contributed by atoms with Gasteiger partial charge >= 0.3 is 5.97 Å². The number of ether oxygens (including phenoxy) is 1. The van der Waals surface area contributed by atoms with Crippen LogP contribution in [0.1, 0.15) is 15.9 Å². The summed E-state index contributed by atoms with van der Waals surface area (Å²) in [5, 5.41) is 0. The van der Waals surface area contributed by atoms with Crippen molar-refractivity contribution in [2.75, 3.05) is 14.2 Å². The maximum absolute atomic E-state index is 12.3. The van der Waals surface area contributed by atoms with Crippen LogP contribution < -0.4 is 0 Å². The number of hydrogen-bond donors (Lipinski definition) is 0. The monoisotopic (exact) mass is 411 g/mol. The molecule has 0 bridgehead atoms. The van der Waals surface area contributed by atoms with Gasteiger partial charge in [-0.25, -0.2) is 13.2 Å². The molecule has 0 aromatic heterocycles. The number of hydroxylamine groups is 1. The molecule has 0 spiro atoms. The van der Waals surface area contributed by atoms with Crippen LogP contribution in [0.15, 0.2) is 83.8 Å². The Balaban J connectivity index is 1.62. The van der Waals surface area contributed by atoms with E-state index in [1.165, 1.54) is 38.4 Å². The van der Waals surface area contributed by atoms with Crippen molar-refractivity contribution in [3.8, 4) is 11.1 Å². The summed E-state index contributed by atoms with van der Waals surface area (Å²) in [4.78, 5) is 17.0. The fraction of sp³-hybridized carbons (Fsp3) is 0.136. The van der Waals surface area contributed by atoms with Crippen molar-refractivity contribution in [2.24, 2.45) is 0 Å². The van der Waals surface area contributed by atoms with E-state index >= 15 is 0 Å². The van der Waals surface area contributed by atoms with Gasteiger partial charge in [0.2, 0.25) is 0 Å². The number of nitrogens with zero attached hydrogens (tertiary/aromatic N) is 1. The maximum Gasteiger partial charge on any atom is 0.338 e. The Morgan fingerprint density at radius 2 is 1.45 bits per heavy atom. The molecule has 3 rings (SSSR count). The molecule has 0 atom stereocenters. The molecule has 0 unspecified atom stereocenters. The van der Waals surface area contributed by atoms with Gasteiger partial charge in [0.25, 0.3) is 10.0 Å². The second kappa shape index (κ2) is 9.00. The van der Waals surface area contributed by atoms with Crippen molar-refractivity contribution in [3.63, 3.8) is 0 Å². The highest BCUT2D eigenvalue weighted by molar-refractivity contribution is 7.89. The van der Waals surface area contributed by atoms with Crippen LogP contribution in [0.25, 0.3) is 11.1 Å². The molecule has 3 aromatic carbocycles. The van der Waals surface area contributed by atoms with Gasteiger partial charge in [0, 0.05) is 7.05 Å². The molecule has 0 aliphatic rings. The molecule has 150 valence electrons. The lowest BCUT2D eigenvalue weighted by molar-refractivity contribution is -0.0258. The summed E-state index contributed by atoms with van der Waals surface area (Å²) in [7, 11) is -1.20. The van der Waals surface area contributed by atoms with Gasteiger partial charge in [0.1, 0.15) is 6.61 Å². The molecule has 0 saturated carbocycles. The number of benzene rings is 3. The van der Waals surface area contributed by atoms with Crippen LogP contribution >= 0.6 is 0 Å². The molecule has 7 heteroatoms. The van der Waals surface area contributed by atoms with Crippen molar-refractivity contribution in [1.29, 1.82) is 0 Å². The zero-order valence-corrected chi connectivity index (χ0v) is 16.9. The van der Waals surface area contributed by atoms with E-state index in [0.29, 0.717) is 0 Å². The first-order valence-corrected chi connectivity index (χ1v) is 10.3. The largest absolute Gasteiger partial charge is 0.457 e. The number of carbonyl (C=O) groups excluding carboxylic acids is 1. The van der Waals surface area contributed by atoms with Gasteiger partial charge in [-0.2, -0.15) is 0 Å². The quantitative estimate of drug-likeness (QED) is 0.436. The van der Waals surface area contributed by atoms with E-state index in [4.69, 9.17) is 9.57 Å². The lowest BCUT2D eigenvalue weighted by Gasteiger charge is -2.14. The van der Waals surface area contributed by atoms with Crippen molar-refractivity contribution in [2.45, 2.75) is 11.5 Å². The SMILES string of the molecule is CON(C)S(=O)(=O)c1ccc(C(=O)OCc2ccc(-c3ccccc3)cc2)cc1. The van der Waals surface area contributed by atoms with Gasteiger partial charge in [-0.15, -0.1) is 0 Å². The molecule has 0 heterocycles. The van der Waals surface area contributed by atoms with Gasteiger partial charge in [0.15, 0.2) is 0 Å². The normalized spacial score (nSPS) is 11.4. The van der Waals surface area contributed by atoms with Gasteiger partial charge in [-0.05, 0) is 41.0 Å². The summed E-state index contributed by atoms with van der Waals surface area (Å²) < 4.78 is 30.4. The third kappa shape index (κ3) is 4.89. The minimum Gasteiger partial charge on any atom is -0.457 e. The Morgan fingerprint density at radius 1 is 0.862 bits per heavy atom. The van der Waals surface area contributed by atoms with Crippen molar-refractivity contribution >= 4 is 16.0 Å². The lowest BCUT2D eigenvalue weighted by Crippen LogP contribution is -2.25. The van der Waals surface area contributed by atoms with Crippen LogP contribution in [-0.2, 0) is 26.2 Å². The van der Waals surface area contributed by atoms with Crippen LogP contribution in [0, 0.1) is 0 Å². The van der Waals surface area contributed by atoms with Crippen LogP contribution in [0.2, 0.25) is 0 Å². The van der Waals surface area contributed by atoms with E-state index < -0.39 is 16.0 Å². The molecule has 6 nitrogen and oxygen atoms in total. The summed E-state index contributed by atoms with van der Waals surface area (Å²) in [6, 6.07) is 23.3. The fourth-order valence-corrected chi connectivity index (χ4v) is 3.64. The third-order valence-corrected chi connectivity index (χ3v) is 6.11. The Labute approximate surface area is 170 Å². The third-order valence-electron chi connectivity index (χ3n) is 4.41. The smallest absolute Gasteiger partial charge is 0.338 e. The van der Waals surface area contributed by atoms with Crippen LogP contribution in [0.4, 0.5) is 0 Å². The minimum atomic E-state index is -3.75. The van der Waals surface area contributed by atoms with Crippen LogP contribution in [-0.4, -0.2) is 33.0 Å². The Hall–Kier alpha value is -3.00. The van der Waals surface area contributed by atoms with Gasteiger partial charge in [-0.1, -0.05) is 59.1 Å². The van der Waals surface area contributed by atoms with E-state index in [-0.39, 0.29) is 17.1 Å². The number of hydrogen-bond acceptors (Lipinski definition) is 5. The van der Waals surface area contributed by atoms with E-state index in [2.05, 4.69) is 0 Å². The maximum atomic E-state index is 12.3. The molecular formula is C22H21NO5S. The average Bonchev–Trinajstić information content (AvgIpc) is 2.77. The number of esters is 1. The molecule has 0 radical (unpaired) electrons. The number of sulfonamides is 1. The van der Waals surface area contributed by atoms with E-state index in [9.17, 15) is 13.2 Å². The van der Waals surface area contributed by atoms with Gasteiger partial charge in [0.05, 0.1) is 17.6 Å². The average molecular weight is 411 g/mol. The van der Waals surface area contributed by atoms with Crippen LogP contribution in [0.3, 0.4) is 0 Å². The molecule has 29 heavy (non-hydrogen) atoms. The summed E-state index contributed by atoms with van der Waals surface area (Å²) in [6.07, 6.45) is 0. The first-order chi connectivity index (χ1) is 13.9. The summed E-state index contributed by atoms with van der Waals surface area (Å²) in [6.45, 7) is 0.125. The zero-order valence-electron chi connectivity index (χ0n) is 16.1. The zero-order chi connectivity index (χ0) is 20.9. The van der Waals surface area contributed by atoms with Gasteiger partial charge in [-0.3, -0.25) is 4.84 Å². The predicted molar refractivity (Wildman–Crippen MR) is 109 cm³/mol. The first-order valence-electron chi connectivity index (χ1n) is 8.86. The molecule has 0 amide bonds. The Bertz CT molecular complexity index is 1060. The van der Waals surface area contributed by atoms with Crippen LogP contribution in [0.5, 0.6) is 0 Å². The highest BCUT2D eigenvalue weighted by atomic mass is 32.2. The molecule has 0 aliphatic heterocycles. The van der Waals surface area contributed by atoms with E-state index in [1.54, 1.807) is 0 Å². The van der Waals surface area contributed by atoms with E-state index in [0.717, 1.165) is 21.2 Å². The number of carbonyl (C=O) groups is 1. The predicted octanol–water partition coefficient (Wildman–Crippen LogP) is 3.89. The Kier molecular flexibility index (Phi) is 6.43.